The van der Waals surface area contributed by atoms with E-state index in [2.05, 4.69) is 29.1 Å². The van der Waals surface area contributed by atoms with Gasteiger partial charge in [0.1, 0.15) is 35.5 Å². The number of methoxy groups -OCH3 is 1. The molecule has 0 bridgehead atoms. The molecular weight excluding hydrogens is 470 g/mol. The number of hydrogen-bond acceptors (Lipinski definition) is 8. The molecule has 0 aromatic carbocycles. The van der Waals surface area contributed by atoms with Crippen molar-refractivity contribution in [3.05, 3.63) is 65.7 Å². The van der Waals surface area contributed by atoms with E-state index in [1.165, 1.54) is 7.11 Å². The molecule has 1 aromatic heterocycles. The van der Waals surface area contributed by atoms with Crippen molar-refractivity contribution in [3.63, 3.8) is 0 Å². The molecule has 0 saturated carbocycles. The summed E-state index contributed by atoms with van der Waals surface area (Å²) in [6.45, 7) is 3.33. The van der Waals surface area contributed by atoms with Gasteiger partial charge >= 0.3 is 0 Å². The number of nitrogens with zero attached hydrogens (tertiary/aromatic N) is 5. The number of piperidine rings is 1. The number of hydrogen-bond donors (Lipinski definition) is 0. The third kappa shape index (κ3) is 5.49. The van der Waals surface area contributed by atoms with Crippen LogP contribution in [-0.4, -0.2) is 67.1 Å². The van der Waals surface area contributed by atoms with Crippen LogP contribution in [-0.2, 0) is 14.3 Å². The predicted octanol–water partition coefficient (Wildman–Crippen LogP) is 3.67. The molecule has 0 N–H and O–H groups in total. The van der Waals surface area contributed by atoms with E-state index in [0.29, 0.717) is 23.7 Å². The lowest BCUT2D eigenvalue weighted by Crippen LogP contribution is -2.41. The van der Waals surface area contributed by atoms with Gasteiger partial charge in [-0.1, -0.05) is 6.08 Å². The summed E-state index contributed by atoms with van der Waals surface area (Å²) in [5, 5.41) is 9.43. The summed E-state index contributed by atoms with van der Waals surface area (Å²) in [6, 6.07) is 3.86. The van der Waals surface area contributed by atoms with Crippen molar-refractivity contribution < 1.29 is 19.0 Å². The molecule has 194 valence electrons. The van der Waals surface area contributed by atoms with E-state index in [1.54, 1.807) is 24.7 Å². The molecule has 2 fully saturated rings. The number of allylic oxidation sites excluding steroid dienone is 3. The normalized spacial score (nSPS) is 22.5. The first-order chi connectivity index (χ1) is 18.1. The van der Waals surface area contributed by atoms with Gasteiger partial charge in [-0.2, -0.15) is 5.26 Å². The zero-order chi connectivity index (χ0) is 25.8. The molecule has 3 aliphatic heterocycles. The maximum atomic E-state index is 13.1. The molecule has 4 aliphatic rings. The quantitative estimate of drug-likeness (QED) is 0.581. The van der Waals surface area contributed by atoms with Crippen molar-refractivity contribution in [2.24, 2.45) is 5.92 Å². The van der Waals surface area contributed by atoms with Crippen LogP contribution in [0.15, 0.2) is 60.2 Å². The number of carbonyl (C=O) groups is 1. The number of amides is 1. The number of aromatic nitrogens is 1. The number of nitriles is 1. The molecule has 1 aliphatic carbocycles. The third-order valence-electron chi connectivity index (χ3n) is 7.36. The molecule has 1 aromatic rings. The van der Waals surface area contributed by atoms with Crippen molar-refractivity contribution in [1.82, 2.24) is 14.8 Å². The Balaban J connectivity index is 1.29. The van der Waals surface area contributed by atoms with E-state index in [9.17, 15) is 10.1 Å². The minimum atomic E-state index is -0.0391. The molecule has 9 heteroatoms. The summed E-state index contributed by atoms with van der Waals surface area (Å²) >= 11 is 0. The SMILES string of the molecule is COc1ncc(N2C=COC(C3=C(O[C@H]4CCN(C(=O)C5CCN(C)CC5)C4)C=CCC3)=C2)cc1C#N. The number of carbonyl (C=O) groups excluding carboxylic acids is 1. The zero-order valence-corrected chi connectivity index (χ0v) is 21.4. The maximum Gasteiger partial charge on any atom is 0.231 e. The van der Waals surface area contributed by atoms with Crippen molar-refractivity contribution in [1.29, 1.82) is 5.26 Å². The summed E-state index contributed by atoms with van der Waals surface area (Å²) in [4.78, 5) is 23.5. The average molecular weight is 504 g/mol. The molecule has 2 saturated heterocycles. The predicted molar refractivity (Wildman–Crippen MR) is 138 cm³/mol. The minimum Gasteiger partial charge on any atom is -0.488 e. The molecule has 0 spiro atoms. The van der Waals surface area contributed by atoms with Crippen molar-refractivity contribution in [3.8, 4) is 11.9 Å². The molecule has 1 amide bonds. The van der Waals surface area contributed by atoms with Crippen LogP contribution in [0.1, 0.15) is 37.7 Å². The Morgan fingerprint density at radius 2 is 2.08 bits per heavy atom. The standard InChI is InChI=1S/C28H33N5O4/c1-31-10-7-20(8-11-31)28(34)33-12-9-23(18-33)37-25-6-4-3-5-24(25)26-19-32(13-14-36-26)22-15-21(16-29)27(35-2)30-17-22/h4,6,13-15,17,19-20,23H,3,5,7-12,18H2,1-2H3/t23-/m0/s1. The second kappa shape index (κ2) is 11.1. The highest BCUT2D eigenvalue weighted by Gasteiger charge is 2.34. The molecule has 1 atom stereocenters. The Kier molecular flexibility index (Phi) is 7.47. The number of pyridine rings is 1. The first kappa shape index (κ1) is 24.9. The van der Waals surface area contributed by atoms with Gasteiger partial charge in [0.15, 0.2) is 0 Å². The van der Waals surface area contributed by atoms with Crippen LogP contribution >= 0.6 is 0 Å². The van der Waals surface area contributed by atoms with E-state index in [1.807, 2.05) is 22.1 Å². The van der Waals surface area contributed by atoms with Gasteiger partial charge in [-0.3, -0.25) is 4.79 Å². The van der Waals surface area contributed by atoms with Gasteiger partial charge in [0, 0.05) is 30.7 Å². The maximum absolute atomic E-state index is 13.1. The summed E-state index contributed by atoms with van der Waals surface area (Å²) < 4.78 is 17.5. The van der Waals surface area contributed by atoms with Crippen LogP contribution in [0.4, 0.5) is 5.69 Å². The zero-order valence-electron chi connectivity index (χ0n) is 21.4. The monoisotopic (exact) mass is 503 g/mol. The lowest BCUT2D eigenvalue weighted by atomic mass is 9.96. The third-order valence-corrected chi connectivity index (χ3v) is 7.36. The largest absolute Gasteiger partial charge is 0.488 e. The first-order valence-corrected chi connectivity index (χ1v) is 12.9. The fourth-order valence-electron chi connectivity index (χ4n) is 5.22. The second-order valence-electron chi connectivity index (χ2n) is 9.84. The highest BCUT2D eigenvalue weighted by Crippen LogP contribution is 2.33. The van der Waals surface area contributed by atoms with Crippen LogP contribution < -0.4 is 9.64 Å². The lowest BCUT2D eigenvalue weighted by molar-refractivity contribution is -0.136. The summed E-state index contributed by atoms with van der Waals surface area (Å²) in [6.07, 6.45) is 15.4. The molecule has 9 nitrogen and oxygen atoms in total. The highest BCUT2D eigenvalue weighted by atomic mass is 16.5. The van der Waals surface area contributed by atoms with Crippen LogP contribution in [0, 0.1) is 17.2 Å². The Morgan fingerprint density at radius 1 is 1.24 bits per heavy atom. The van der Waals surface area contributed by atoms with Gasteiger partial charge in [0.05, 0.1) is 31.7 Å². The molecule has 0 radical (unpaired) electrons. The average Bonchev–Trinajstić information content (AvgIpc) is 3.41. The smallest absolute Gasteiger partial charge is 0.231 e. The van der Waals surface area contributed by atoms with Crippen molar-refractivity contribution >= 4 is 11.6 Å². The van der Waals surface area contributed by atoms with Crippen molar-refractivity contribution in [2.75, 3.05) is 45.2 Å². The van der Waals surface area contributed by atoms with Gasteiger partial charge in [-0.15, -0.1) is 0 Å². The molecule has 5 rings (SSSR count). The highest BCUT2D eigenvalue weighted by molar-refractivity contribution is 5.79. The van der Waals surface area contributed by atoms with Crippen LogP contribution in [0.3, 0.4) is 0 Å². The fourth-order valence-corrected chi connectivity index (χ4v) is 5.22. The Morgan fingerprint density at radius 3 is 2.86 bits per heavy atom. The number of ether oxygens (including phenoxy) is 3. The van der Waals surface area contributed by atoms with E-state index in [4.69, 9.17) is 14.2 Å². The van der Waals surface area contributed by atoms with Gasteiger partial charge in [-0.05, 0) is 58.0 Å². The number of anilines is 1. The van der Waals surface area contributed by atoms with E-state index < -0.39 is 0 Å². The topological polar surface area (TPSA) is 91.2 Å². The van der Waals surface area contributed by atoms with Crippen LogP contribution in [0.25, 0.3) is 0 Å². The minimum absolute atomic E-state index is 0.0391. The van der Waals surface area contributed by atoms with Crippen molar-refractivity contribution in [2.45, 2.75) is 38.2 Å². The second-order valence-corrected chi connectivity index (χ2v) is 9.84. The van der Waals surface area contributed by atoms with Gasteiger partial charge in [0.2, 0.25) is 11.8 Å². The summed E-state index contributed by atoms with van der Waals surface area (Å²) in [7, 11) is 3.61. The van der Waals surface area contributed by atoms with Gasteiger partial charge < -0.3 is 28.9 Å². The fraction of sp³-hybridized carbons (Fsp3) is 0.464. The number of likely N-dealkylation sites (tertiary alicyclic amines) is 2. The van der Waals surface area contributed by atoms with E-state index in [-0.39, 0.29) is 17.9 Å². The number of rotatable bonds is 6. The first-order valence-electron chi connectivity index (χ1n) is 12.9. The van der Waals surface area contributed by atoms with Gasteiger partial charge in [0.25, 0.3) is 0 Å². The summed E-state index contributed by atoms with van der Waals surface area (Å²) in [5.74, 6) is 2.18. The molecule has 0 unspecified atom stereocenters. The van der Waals surface area contributed by atoms with E-state index in [0.717, 1.165) is 68.8 Å². The molecular formula is C28H33N5O4. The molecule has 37 heavy (non-hydrogen) atoms. The summed E-state index contributed by atoms with van der Waals surface area (Å²) in [5.41, 5.74) is 2.07. The Bertz CT molecular complexity index is 1190. The van der Waals surface area contributed by atoms with Gasteiger partial charge in [-0.25, -0.2) is 4.98 Å². The van der Waals surface area contributed by atoms with Crippen LogP contribution in [0.5, 0.6) is 5.88 Å². The molecule has 4 heterocycles. The Labute approximate surface area is 217 Å². The van der Waals surface area contributed by atoms with E-state index >= 15 is 0 Å². The van der Waals surface area contributed by atoms with Crippen LogP contribution in [0.2, 0.25) is 0 Å². The lowest BCUT2D eigenvalue weighted by Gasteiger charge is -2.31. The Hall–Kier alpha value is -3.77.